The van der Waals surface area contributed by atoms with E-state index >= 15 is 0 Å². The van der Waals surface area contributed by atoms with Crippen molar-refractivity contribution in [3.63, 3.8) is 0 Å². The maximum Gasteiger partial charge on any atom is 0.416 e. The van der Waals surface area contributed by atoms with Crippen LogP contribution in [-0.2, 0) is 18.1 Å². The number of aliphatic imine (C=N–C) groups is 1. The van der Waals surface area contributed by atoms with Gasteiger partial charge in [0.25, 0.3) is 0 Å². The lowest BCUT2D eigenvalue weighted by Crippen LogP contribution is -2.32. The number of nitrogens with zero attached hydrogens (tertiary/aromatic N) is 1. The third-order valence-electron chi connectivity index (χ3n) is 4.71. The topological polar surface area (TPSA) is 56.6 Å². The maximum absolute atomic E-state index is 12.9. The zero-order valence-electron chi connectivity index (χ0n) is 16.8. The first-order valence-electron chi connectivity index (χ1n) is 9.60. The molecule has 0 unspecified atom stereocenters. The largest absolute Gasteiger partial charge is 0.506 e. The number of alkyl halides is 3. The summed E-state index contributed by atoms with van der Waals surface area (Å²) >= 11 is 0. The second-order valence-electron chi connectivity index (χ2n) is 8.39. The summed E-state index contributed by atoms with van der Waals surface area (Å²) in [4.78, 5) is 4.44. The molecular formula is C22H26F3N3O. The minimum atomic E-state index is -4.38. The first-order valence-corrected chi connectivity index (χ1v) is 9.60. The van der Waals surface area contributed by atoms with Crippen LogP contribution in [0.25, 0.3) is 0 Å². The molecule has 3 N–H and O–H groups in total. The van der Waals surface area contributed by atoms with Gasteiger partial charge in [0.2, 0.25) is 0 Å². The van der Waals surface area contributed by atoms with E-state index in [0.29, 0.717) is 17.2 Å². The number of hydrogen-bond acceptors (Lipinski definition) is 2. The van der Waals surface area contributed by atoms with Crippen molar-refractivity contribution in [1.82, 2.24) is 5.32 Å². The Morgan fingerprint density at radius 2 is 1.79 bits per heavy atom. The van der Waals surface area contributed by atoms with Crippen molar-refractivity contribution in [2.45, 2.75) is 57.8 Å². The Morgan fingerprint density at radius 3 is 2.41 bits per heavy atom. The Hall–Kier alpha value is -2.70. The SMILES string of the molecule is CC(C)(C)c1ccc(O)c(NC(=NCc2cccc(C(F)(F)F)c2)NC2CC2)c1. The molecule has 0 aliphatic heterocycles. The van der Waals surface area contributed by atoms with Crippen molar-refractivity contribution in [2.24, 2.45) is 4.99 Å². The third-order valence-corrected chi connectivity index (χ3v) is 4.71. The van der Waals surface area contributed by atoms with Crippen LogP contribution in [0.5, 0.6) is 5.75 Å². The van der Waals surface area contributed by atoms with Crippen LogP contribution < -0.4 is 10.6 Å². The van der Waals surface area contributed by atoms with E-state index in [-0.39, 0.29) is 23.8 Å². The number of phenolic OH excluding ortho intramolecular Hbond substituents is 1. The molecule has 3 rings (SSSR count). The first-order chi connectivity index (χ1) is 13.5. The van der Waals surface area contributed by atoms with Gasteiger partial charge in [-0.1, -0.05) is 39.0 Å². The summed E-state index contributed by atoms with van der Waals surface area (Å²) in [6.07, 6.45) is -2.36. The van der Waals surface area contributed by atoms with E-state index in [1.807, 2.05) is 12.1 Å². The van der Waals surface area contributed by atoms with E-state index in [0.717, 1.165) is 30.5 Å². The van der Waals surface area contributed by atoms with E-state index in [1.54, 1.807) is 12.1 Å². The lowest BCUT2D eigenvalue weighted by Gasteiger charge is -2.21. The minimum absolute atomic E-state index is 0.0855. The molecule has 0 spiro atoms. The van der Waals surface area contributed by atoms with Crippen LogP contribution in [0, 0.1) is 0 Å². The van der Waals surface area contributed by atoms with Crippen molar-refractivity contribution in [1.29, 1.82) is 0 Å². The molecule has 0 aromatic heterocycles. The summed E-state index contributed by atoms with van der Waals surface area (Å²) in [5.74, 6) is 0.522. The normalized spacial score (nSPS) is 15.3. The lowest BCUT2D eigenvalue weighted by atomic mass is 9.87. The van der Waals surface area contributed by atoms with Crippen molar-refractivity contribution in [3.8, 4) is 5.75 Å². The number of benzene rings is 2. The zero-order chi connectivity index (χ0) is 21.2. The van der Waals surface area contributed by atoms with Gasteiger partial charge in [-0.2, -0.15) is 13.2 Å². The number of aromatic hydroxyl groups is 1. The fourth-order valence-electron chi connectivity index (χ4n) is 2.79. The molecule has 7 heteroatoms. The molecule has 156 valence electrons. The van der Waals surface area contributed by atoms with Crippen LogP contribution in [-0.4, -0.2) is 17.1 Å². The predicted octanol–water partition coefficient (Wildman–Crippen LogP) is 5.43. The van der Waals surface area contributed by atoms with E-state index in [4.69, 9.17) is 0 Å². The van der Waals surface area contributed by atoms with Crippen molar-refractivity contribution < 1.29 is 18.3 Å². The highest BCUT2D eigenvalue weighted by atomic mass is 19.4. The van der Waals surface area contributed by atoms with Gasteiger partial charge in [-0.25, -0.2) is 4.99 Å². The van der Waals surface area contributed by atoms with Gasteiger partial charge in [-0.05, 0) is 53.6 Å². The lowest BCUT2D eigenvalue weighted by molar-refractivity contribution is -0.137. The fraction of sp³-hybridized carbons (Fsp3) is 0.409. The van der Waals surface area contributed by atoms with Gasteiger partial charge in [-0.15, -0.1) is 0 Å². The van der Waals surface area contributed by atoms with Gasteiger partial charge in [0.15, 0.2) is 5.96 Å². The standard InChI is InChI=1S/C22H26F3N3O/c1-21(2,3)15-7-10-19(29)18(12-15)28-20(27-17-8-9-17)26-13-14-5-4-6-16(11-14)22(23,24)25/h4-7,10-12,17,29H,8-9,13H2,1-3H3,(H2,26,27,28). The first kappa shape index (κ1) is 21.0. The average molecular weight is 405 g/mol. The number of phenols is 1. The highest BCUT2D eigenvalue weighted by Gasteiger charge is 2.30. The summed E-state index contributed by atoms with van der Waals surface area (Å²) in [7, 11) is 0. The summed E-state index contributed by atoms with van der Waals surface area (Å²) in [5, 5.41) is 16.6. The van der Waals surface area contributed by atoms with E-state index in [2.05, 4.69) is 36.4 Å². The zero-order valence-corrected chi connectivity index (χ0v) is 16.8. The number of hydrogen-bond donors (Lipinski definition) is 3. The summed E-state index contributed by atoms with van der Waals surface area (Å²) < 4.78 is 38.8. The second kappa shape index (κ2) is 7.97. The minimum Gasteiger partial charge on any atom is -0.506 e. The smallest absolute Gasteiger partial charge is 0.416 e. The summed E-state index contributed by atoms with van der Waals surface area (Å²) in [6.45, 7) is 6.32. The number of anilines is 1. The molecule has 1 aliphatic rings. The maximum atomic E-state index is 12.9. The monoisotopic (exact) mass is 405 g/mol. The Kier molecular flexibility index (Phi) is 5.78. The van der Waals surface area contributed by atoms with Crippen molar-refractivity contribution in [3.05, 3.63) is 59.2 Å². The van der Waals surface area contributed by atoms with Gasteiger partial charge >= 0.3 is 6.18 Å². The molecule has 1 saturated carbocycles. The Balaban J connectivity index is 1.82. The van der Waals surface area contributed by atoms with Crippen LogP contribution >= 0.6 is 0 Å². The number of nitrogens with one attached hydrogen (secondary N) is 2. The molecule has 0 radical (unpaired) electrons. The third kappa shape index (κ3) is 5.89. The number of guanidine groups is 1. The van der Waals surface area contributed by atoms with Crippen LogP contribution in [0.3, 0.4) is 0 Å². The molecule has 1 aliphatic carbocycles. The average Bonchev–Trinajstić information content (AvgIpc) is 3.44. The quantitative estimate of drug-likeness (QED) is 0.361. The molecule has 2 aromatic rings. The number of rotatable bonds is 4. The van der Waals surface area contributed by atoms with E-state index < -0.39 is 11.7 Å². The van der Waals surface area contributed by atoms with Gasteiger partial charge in [-0.3, -0.25) is 0 Å². The predicted molar refractivity (Wildman–Crippen MR) is 109 cm³/mol. The molecule has 0 saturated heterocycles. The molecule has 4 nitrogen and oxygen atoms in total. The highest BCUT2D eigenvalue weighted by Crippen LogP contribution is 2.31. The van der Waals surface area contributed by atoms with Gasteiger partial charge in [0.1, 0.15) is 5.75 Å². The molecule has 0 bridgehead atoms. The molecule has 0 amide bonds. The second-order valence-corrected chi connectivity index (χ2v) is 8.39. The molecule has 29 heavy (non-hydrogen) atoms. The number of halogens is 3. The summed E-state index contributed by atoms with van der Waals surface area (Å²) in [6, 6.07) is 10.8. The molecular weight excluding hydrogens is 379 g/mol. The van der Waals surface area contributed by atoms with Crippen LogP contribution in [0.15, 0.2) is 47.5 Å². The Bertz CT molecular complexity index is 897. The van der Waals surface area contributed by atoms with Crippen LogP contribution in [0.1, 0.15) is 50.3 Å². The molecule has 0 heterocycles. The van der Waals surface area contributed by atoms with Crippen LogP contribution in [0.2, 0.25) is 0 Å². The van der Waals surface area contributed by atoms with Gasteiger partial charge < -0.3 is 15.7 Å². The van der Waals surface area contributed by atoms with Crippen molar-refractivity contribution >= 4 is 11.6 Å². The fourth-order valence-corrected chi connectivity index (χ4v) is 2.79. The molecule has 1 fully saturated rings. The van der Waals surface area contributed by atoms with Gasteiger partial charge in [0, 0.05) is 6.04 Å². The van der Waals surface area contributed by atoms with E-state index in [9.17, 15) is 18.3 Å². The summed E-state index contributed by atoms with van der Waals surface area (Å²) in [5.41, 5.74) is 1.23. The Morgan fingerprint density at radius 1 is 1.07 bits per heavy atom. The Labute approximate surface area is 168 Å². The van der Waals surface area contributed by atoms with Crippen LogP contribution in [0.4, 0.5) is 18.9 Å². The molecule has 2 aromatic carbocycles. The highest BCUT2D eigenvalue weighted by molar-refractivity contribution is 5.95. The molecule has 0 atom stereocenters. The van der Waals surface area contributed by atoms with Gasteiger partial charge in [0.05, 0.1) is 17.8 Å². The van der Waals surface area contributed by atoms with E-state index in [1.165, 1.54) is 6.07 Å². The van der Waals surface area contributed by atoms with Crippen molar-refractivity contribution in [2.75, 3.05) is 5.32 Å².